The van der Waals surface area contributed by atoms with E-state index in [1.807, 2.05) is 11.1 Å². The third-order valence-corrected chi connectivity index (χ3v) is 4.23. The molecule has 0 radical (unpaired) electrons. The number of hydrogen-bond donors (Lipinski definition) is 1. The molecule has 2 heterocycles. The minimum atomic E-state index is 0. The third-order valence-electron chi connectivity index (χ3n) is 4.23. The molecule has 1 aliphatic rings. The lowest BCUT2D eigenvalue weighted by atomic mass is 9.90. The van der Waals surface area contributed by atoms with Gasteiger partial charge in [-0.2, -0.15) is 0 Å². The van der Waals surface area contributed by atoms with E-state index in [1.54, 1.807) is 6.20 Å². The summed E-state index contributed by atoms with van der Waals surface area (Å²) < 4.78 is 2.08. The lowest BCUT2D eigenvalue weighted by Gasteiger charge is -2.22. The highest BCUT2D eigenvalue weighted by Crippen LogP contribution is 2.28. The van der Waals surface area contributed by atoms with E-state index >= 15 is 0 Å². The fourth-order valence-electron chi connectivity index (χ4n) is 2.79. The first kappa shape index (κ1) is 21.2. The van der Waals surface area contributed by atoms with Crippen molar-refractivity contribution in [2.45, 2.75) is 46.1 Å². The Morgan fingerprint density at radius 3 is 2.68 bits per heavy atom. The fourth-order valence-corrected chi connectivity index (χ4v) is 2.79. The Balaban J connectivity index is 0.00000220. The van der Waals surface area contributed by atoms with E-state index in [-0.39, 0.29) is 36.1 Å². The molecule has 7 heteroatoms. The Labute approximate surface area is 145 Å². The molecule has 5 nitrogen and oxygen atoms in total. The second-order valence-electron chi connectivity index (χ2n) is 6.46. The van der Waals surface area contributed by atoms with Gasteiger partial charge in [0.1, 0.15) is 5.82 Å². The summed E-state index contributed by atoms with van der Waals surface area (Å²) >= 11 is 0. The molecule has 2 N–H and O–H groups in total. The van der Waals surface area contributed by atoms with Gasteiger partial charge in [0.25, 0.3) is 0 Å². The van der Waals surface area contributed by atoms with Crippen molar-refractivity contribution in [2.75, 3.05) is 19.6 Å². The minimum Gasteiger partial charge on any atom is -0.342 e. The maximum atomic E-state index is 12.3. The van der Waals surface area contributed by atoms with Crippen LogP contribution in [0.15, 0.2) is 12.4 Å². The number of hydrogen-bond acceptors (Lipinski definition) is 3. The van der Waals surface area contributed by atoms with Crippen LogP contribution in [0.25, 0.3) is 0 Å². The largest absolute Gasteiger partial charge is 0.342 e. The van der Waals surface area contributed by atoms with E-state index in [4.69, 9.17) is 5.73 Å². The number of aryl methyl sites for hydroxylation is 1. The quantitative estimate of drug-likeness (QED) is 0.886. The van der Waals surface area contributed by atoms with Crippen LogP contribution in [0, 0.1) is 5.41 Å². The Bertz CT molecular complexity index is 478. The average Bonchev–Trinajstić information content (AvgIpc) is 3.03. The molecule has 0 aromatic carbocycles. The molecule has 1 aromatic rings. The zero-order valence-corrected chi connectivity index (χ0v) is 15.3. The maximum absolute atomic E-state index is 12.3. The normalized spacial score (nSPS) is 20.7. The average molecular weight is 351 g/mol. The zero-order chi connectivity index (χ0) is 14.8. The number of carbonyl (C=O) groups excluding carboxylic acids is 1. The van der Waals surface area contributed by atoms with Gasteiger partial charge in [-0.15, -0.1) is 24.8 Å². The van der Waals surface area contributed by atoms with Crippen molar-refractivity contribution in [1.29, 1.82) is 0 Å². The molecule has 2 rings (SSSR count). The van der Waals surface area contributed by atoms with Crippen LogP contribution in [0.2, 0.25) is 0 Å². The van der Waals surface area contributed by atoms with Gasteiger partial charge in [0, 0.05) is 44.4 Å². The minimum absolute atomic E-state index is 0. The van der Waals surface area contributed by atoms with E-state index in [0.717, 1.165) is 25.3 Å². The highest BCUT2D eigenvalue weighted by atomic mass is 35.5. The van der Waals surface area contributed by atoms with Gasteiger partial charge in [-0.3, -0.25) is 4.79 Å². The molecule has 0 bridgehead atoms. The van der Waals surface area contributed by atoms with Crippen LogP contribution in [0.5, 0.6) is 0 Å². The van der Waals surface area contributed by atoms with Crippen molar-refractivity contribution in [2.24, 2.45) is 11.1 Å². The van der Waals surface area contributed by atoms with E-state index in [9.17, 15) is 4.79 Å². The molecule has 0 spiro atoms. The Morgan fingerprint density at radius 1 is 1.45 bits per heavy atom. The number of amides is 1. The monoisotopic (exact) mass is 350 g/mol. The van der Waals surface area contributed by atoms with Crippen molar-refractivity contribution in [3.05, 3.63) is 18.2 Å². The SMILES string of the molecule is CC(C)c1nccn1CCC(=O)N1CCC(C)(CN)C1.Cl.Cl. The van der Waals surface area contributed by atoms with Crippen LogP contribution < -0.4 is 5.73 Å². The van der Waals surface area contributed by atoms with Crippen molar-refractivity contribution in [1.82, 2.24) is 14.5 Å². The van der Waals surface area contributed by atoms with E-state index in [1.165, 1.54) is 0 Å². The summed E-state index contributed by atoms with van der Waals surface area (Å²) in [6.07, 6.45) is 5.31. The van der Waals surface area contributed by atoms with E-state index in [0.29, 0.717) is 25.4 Å². The second kappa shape index (κ2) is 8.75. The van der Waals surface area contributed by atoms with Gasteiger partial charge in [0.15, 0.2) is 0 Å². The number of nitrogens with two attached hydrogens (primary N) is 1. The number of rotatable bonds is 5. The molecular weight excluding hydrogens is 323 g/mol. The molecule has 1 aromatic heterocycles. The number of carbonyl (C=O) groups is 1. The van der Waals surface area contributed by atoms with Crippen LogP contribution in [0.3, 0.4) is 0 Å². The van der Waals surface area contributed by atoms with Crippen LogP contribution in [-0.4, -0.2) is 40.0 Å². The van der Waals surface area contributed by atoms with Gasteiger partial charge in [-0.1, -0.05) is 20.8 Å². The van der Waals surface area contributed by atoms with Gasteiger partial charge in [0.05, 0.1) is 0 Å². The molecule has 1 atom stereocenters. The fraction of sp³-hybridized carbons (Fsp3) is 0.733. The predicted molar refractivity (Wildman–Crippen MR) is 93.8 cm³/mol. The predicted octanol–water partition coefficient (Wildman–Crippen LogP) is 2.44. The molecule has 1 aliphatic heterocycles. The summed E-state index contributed by atoms with van der Waals surface area (Å²) in [4.78, 5) is 18.6. The summed E-state index contributed by atoms with van der Waals surface area (Å²) in [5, 5.41) is 0. The molecule has 22 heavy (non-hydrogen) atoms. The Morgan fingerprint density at radius 2 is 2.14 bits per heavy atom. The van der Waals surface area contributed by atoms with Gasteiger partial charge in [-0.25, -0.2) is 4.98 Å². The smallest absolute Gasteiger partial charge is 0.224 e. The molecule has 0 aliphatic carbocycles. The summed E-state index contributed by atoms with van der Waals surface area (Å²) in [7, 11) is 0. The Hall–Kier alpha value is -0.780. The molecule has 0 saturated carbocycles. The summed E-state index contributed by atoms with van der Waals surface area (Å²) in [6.45, 7) is 9.39. The summed E-state index contributed by atoms with van der Waals surface area (Å²) in [5.74, 6) is 1.66. The van der Waals surface area contributed by atoms with Crippen molar-refractivity contribution in [3.8, 4) is 0 Å². The first-order valence-electron chi connectivity index (χ1n) is 7.44. The molecule has 128 valence electrons. The van der Waals surface area contributed by atoms with Crippen LogP contribution in [-0.2, 0) is 11.3 Å². The highest BCUT2D eigenvalue weighted by molar-refractivity contribution is 5.85. The maximum Gasteiger partial charge on any atom is 0.224 e. The van der Waals surface area contributed by atoms with Gasteiger partial charge < -0.3 is 15.2 Å². The summed E-state index contributed by atoms with van der Waals surface area (Å²) in [5.41, 5.74) is 5.89. The van der Waals surface area contributed by atoms with Gasteiger partial charge in [0.2, 0.25) is 5.91 Å². The lowest BCUT2D eigenvalue weighted by Crippen LogP contribution is -2.34. The van der Waals surface area contributed by atoms with Gasteiger partial charge >= 0.3 is 0 Å². The molecule has 1 unspecified atom stereocenters. The van der Waals surface area contributed by atoms with E-state index < -0.39 is 0 Å². The third kappa shape index (κ3) is 4.86. The zero-order valence-electron chi connectivity index (χ0n) is 13.6. The number of imidazole rings is 1. The number of aromatic nitrogens is 2. The van der Waals surface area contributed by atoms with Crippen molar-refractivity contribution >= 4 is 30.7 Å². The molecule has 1 fully saturated rings. The standard InChI is InChI=1S/C15H26N4O.2ClH/c1-12(2)14-17-6-9-18(14)7-4-13(20)19-8-5-15(3,10-16)11-19;;/h6,9,12H,4-5,7-8,10-11,16H2,1-3H3;2*1H. The van der Waals surface area contributed by atoms with Crippen LogP contribution in [0.4, 0.5) is 0 Å². The molecule has 1 saturated heterocycles. The first-order valence-corrected chi connectivity index (χ1v) is 7.44. The molecular formula is C15H28Cl2N4O. The lowest BCUT2D eigenvalue weighted by molar-refractivity contribution is -0.130. The first-order chi connectivity index (χ1) is 9.45. The van der Waals surface area contributed by atoms with Crippen molar-refractivity contribution in [3.63, 3.8) is 0 Å². The second-order valence-corrected chi connectivity index (χ2v) is 6.46. The highest BCUT2D eigenvalue weighted by Gasteiger charge is 2.34. The number of halogens is 2. The van der Waals surface area contributed by atoms with Gasteiger partial charge in [-0.05, 0) is 18.4 Å². The number of likely N-dealkylation sites (tertiary alicyclic amines) is 1. The number of nitrogens with zero attached hydrogens (tertiary/aromatic N) is 3. The molecule has 1 amide bonds. The van der Waals surface area contributed by atoms with Crippen LogP contribution in [0.1, 0.15) is 45.4 Å². The Kier molecular flexibility index (Phi) is 8.44. The topological polar surface area (TPSA) is 64.2 Å². The summed E-state index contributed by atoms with van der Waals surface area (Å²) in [6, 6.07) is 0. The van der Waals surface area contributed by atoms with E-state index in [2.05, 4.69) is 30.3 Å². The van der Waals surface area contributed by atoms with Crippen molar-refractivity contribution < 1.29 is 4.79 Å². The van der Waals surface area contributed by atoms with Crippen LogP contribution >= 0.6 is 24.8 Å².